The molecule has 0 radical (unpaired) electrons. The molecule has 6 aromatic carbocycles. The maximum absolute atomic E-state index is 9.45. The van der Waals surface area contributed by atoms with Crippen LogP contribution in [0.3, 0.4) is 0 Å². The number of nitrogens with zero attached hydrogens (tertiary/aromatic N) is 9. The van der Waals surface area contributed by atoms with Crippen molar-refractivity contribution in [2.45, 2.75) is 330 Å². The molecule has 0 aliphatic carbocycles. The minimum Gasteiger partial charge on any atom is -0.392 e. The maximum atomic E-state index is 9.45. The van der Waals surface area contributed by atoms with Crippen LogP contribution >= 0.6 is 0 Å². The lowest BCUT2D eigenvalue weighted by Crippen LogP contribution is -2.41. The van der Waals surface area contributed by atoms with Crippen molar-refractivity contribution in [3.05, 3.63) is 212 Å². The van der Waals surface area contributed by atoms with Gasteiger partial charge in [-0.2, -0.15) is 0 Å². The van der Waals surface area contributed by atoms with E-state index in [1.54, 1.807) is 34.9 Å². The fourth-order valence-corrected chi connectivity index (χ4v) is 19.4. The predicted octanol–water partition coefficient (Wildman–Crippen LogP) is 23.2. The van der Waals surface area contributed by atoms with E-state index < -0.39 is 0 Å². The summed E-state index contributed by atoms with van der Waals surface area (Å²) in [7, 11) is 14.7. The number of hydrogen-bond donors (Lipinski definition) is 1. The van der Waals surface area contributed by atoms with Gasteiger partial charge in [-0.25, -0.2) is 0 Å². The molecule has 114 heavy (non-hydrogen) atoms. The molecule has 0 saturated carbocycles. The second-order valence-electron chi connectivity index (χ2n) is 41.2. The van der Waals surface area contributed by atoms with Crippen LogP contribution in [0.4, 0.5) is 0 Å². The van der Waals surface area contributed by atoms with Crippen LogP contribution in [0, 0.1) is 5.92 Å². The molecule has 6 saturated heterocycles. The summed E-state index contributed by atoms with van der Waals surface area (Å²) in [6.45, 7) is 57.9. The molecule has 6 atom stereocenters. The molecular formula is C103H167N9O2. The third-order valence-electron chi connectivity index (χ3n) is 24.6. The number of aliphatic hydroxyl groups is 1. The van der Waals surface area contributed by atoms with Gasteiger partial charge in [-0.15, -0.1) is 0 Å². The number of rotatable bonds is 20. The van der Waals surface area contributed by atoms with Gasteiger partial charge in [-0.1, -0.05) is 159 Å². The first-order valence-electron chi connectivity index (χ1n) is 44.8. The average Bonchev–Trinajstić information content (AvgIpc) is 1.62. The molecule has 6 aliphatic heterocycles. The molecule has 3 unspecified atom stereocenters. The van der Waals surface area contributed by atoms with E-state index in [2.05, 4.69) is 358 Å². The highest BCUT2D eigenvalue weighted by molar-refractivity contribution is 5.37. The minimum atomic E-state index is 0.144. The fourth-order valence-electron chi connectivity index (χ4n) is 19.4. The van der Waals surface area contributed by atoms with Gasteiger partial charge in [0, 0.05) is 89.7 Å². The Labute approximate surface area is 700 Å². The Bertz CT molecular complexity index is 3660. The quantitative estimate of drug-likeness (QED) is 0.0795. The van der Waals surface area contributed by atoms with Crippen molar-refractivity contribution in [2.75, 3.05) is 102 Å². The van der Waals surface area contributed by atoms with Crippen LogP contribution in [0.25, 0.3) is 0 Å². The van der Waals surface area contributed by atoms with Crippen molar-refractivity contribution in [3.8, 4) is 0 Å². The number of likely N-dealkylation sites (tertiary alicyclic amines) is 6. The van der Waals surface area contributed by atoms with Gasteiger partial charge in [0.1, 0.15) is 0 Å². The number of ether oxygens (including phenoxy) is 1. The summed E-state index contributed by atoms with van der Waals surface area (Å²) in [5.74, 6) is 0.727. The largest absolute Gasteiger partial charge is 0.392 e. The highest BCUT2D eigenvalue weighted by Crippen LogP contribution is 2.45. The Kier molecular flexibility index (Phi) is 37.3. The lowest BCUT2D eigenvalue weighted by atomic mass is 9.91. The van der Waals surface area contributed by atoms with Crippen LogP contribution in [0.2, 0.25) is 0 Å². The van der Waals surface area contributed by atoms with Crippen molar-refractivity contribution in [2.24, 2.45) is 5.92 Å². The van der Waals surface area contributed by atoms with E-state index in [-0.39, 0.29) is 39.8 Å². The van der Waals surface area contributed by atoms with Crippen LogP contribution in [-0.2, 0) is 43.8 Å². The summed E-state index contributed by atoms with van der Waals surface area (Å²) in [5, 5.41) is 9.45. The Hall–Kier alpha value is -5.12. The topological polar surface area (TPSA) is 58.6 Å². The first-order valence-corrected chi connectivity index (χ1v) is 44.8. The van der Waals surface area contributed by atoms with Crippen molar-refractivity contribution in [1.29, 1.82) is 0 Å². The van der Waals surface area contributed by atoms with E-state index in [0.29, 0.717) is 42.9 Å². The molecule has 11 heteroatoms. The normalized spacial score (nSPS) is 21.2. The minimum absolute atomic E-state index is 0.144. The molecule has 6 aliphatic rings. The Balaban J connectivity index is 0.000000190. The SMILES string of the molecule is CC(C)(C)N1CCCC1c1ccccc1CO.CC(C)Cc1ccccc1[C@@H]1CCCN1C(C)(C)C.CN(C)CCCc1ccccc1C1CCCN1C(C)(C)C.CN(C)CCc1ccccc1C1CCCN1C(C)(C)C.CN(C)Cc1ccccc1[C@H]1CCCN1C(C)(C)C.COCc1ccccc1[C@H]1CCCN1C(C)(C)C. The molecule has 6 aromatic rings. The first kappa shape index (κ1) is 96.0. The molecule has 12 rings (SSSR count). The molecule has 0 bridgehead atoms. The molecule has 636 valence electrons. The van der Waals surface area contributed by atoms with Crippen molar-refractivity contribution >= 4 is 0 Å². The second kappa shape index (κ2) is 44.3. The number of hydrogen-bond acceptors (Lipinski definition) is 11. The molecule has 11 nitrogen and oxygen atoms in total. The summed E-state index contributed by atoms with van der Waals surface area (Å²) in [6, 6.07) is 56.7. The van der Waals surface area contributed by atoms with Crippen LogP contribution in [-0.4, -0.2) is 184 Å². The molecule has 1 N–H and O–H groups in total. The van der Waals surface area contributed by atoms with Crippen molar-refractivity contribution in [3.63, 3.8) is 0 Å². The standard InChI is InChI=1S/C19H32N2.C18H30N2.C18H29N.C17H28N2.C16H25NO.C15H23NO/c1-19(2,3)21-15-9-13-18(21)17-12-7-6-10-16(17)11-8-14-20(4)5;1-18(2,3)20-13-8-11-17(20)16-10-7-6-9-15(16)12-14-19(4)5;1-14(2)13-15-9-6-7-10-16(15)17-11-8-12-19(17)18(3,4)5;1-17(2,3)19-12-8-11-16(19)15-10-7-6-9-14(15)13-18(4)5;1-16(2,3)17-11-7-10-15(17)14-9-6-5-8-13(14)12-18-4;1-15(2,3)16-10-6-9-14(16)13-8-5-4-7-12(13)11-17/h6-7,10,12,18H,8-9,11,13-15H2,1-5H3;6-7,9-10,17H,8,11-14H2,1-5H3;6-7,9-10,14,17H,8,11-13H2,1-5H3;6-7,9-10,16H,8,11-13H2,1-5H3;5-6,8-9,15H,7,10-12H2,1-4H3;4-5,7-8,14,17H,6,9-11H2,1-3H3/t;;17-;16-;15-;/m..011./s1. The number of likely N-dealkylation sites (N-methyl/N-ethyl adjacent to an activating group) is 1. The number of benzene rings is 6. The van der Waals surface area contributed by atoms with Crippen LogP contribution in [0.5, 0.6) is 0 Å². The monoisotopic (exact) mass is 1560 g/mol. The average molecular weight is 1560 g/mol. The fraction of sp³-hybridized carbons (Fsp3) is 0.650. The van der Waals surface area contributed by atoms with Crippen LogP contribution < -0.4 is 0 Å². The van der Waals surface area contributed by atoms with Crippen molar-refractivity contribution in [1.82, 2.24) is 44.1 Å². The zero-order valence-electron chi connectivity index (χ0n) is 77.9. The van der Waals surface area contributed by atoms with E-state index in [1.165, 1.54) is 169 Å². The zero-order valence-corrected chi connectivity index (χ0v) is 77.9. The number of aryl methyl sites for hydroxylation is 1. The van der Waals surface area contributed by atoms with Crippen LogP contribution in [0.1, 0.15) is 325 Å². The van der Waals surface area contributed by atoms with Gasteiger partial charge in [0.2, 0.25) is 0 Å². The highest BCUT2D eigenvalue weighted by atomic mass is 16.5. The lowest BCUT2D eigenvalue weighted by molar-refractivity contribution is 0.118. The molecule has 0 aromatic heterocycles. The molecule has 0 amide bonds. The van der Waals surface area contributed by atoms with E-state index in [9.17, 15) is 5.11 Å². The predicted molar refractivity (Wildman–Crippen MR) is 491 cm³/mol. The first-order chi connectivity index (χ1) is 53.6. The Morgan fingerprint density at radius 3 is 0.851 bits per heavy atom. The van der Waals surface area contributed by atoms with E-state index in [1.807, 2.05) is 12.1 Å². The molecule has 6 heterocycles. The van der Waals surface area contributed by atoms with Crippen molar-refractivity contribution < 1.29 is 9.84 Å². The van der Waals surface area contributed by atoms with E-state index in [4.69, 9.17) is 4.74 Å². The lowest BCUT2D eigenvalue weighted by Gasteiger charge is -2.38. The van der Waals surface area contributed by atoms with Gasteiger partial charge in [0.25, 0.3) is 0 Å². The van der Waals surface area contributed by atoms with E-state index in [0.717, 1.165) is 37.5 Å². The second-order valence-corrected chi connectivity index (χ2v) is 41.2. The Morgan fingerprint density at radius 2 is 0.570 bits per heavy atom. The van der Waals surface area contributed by atoms with Gasteiger partial charge < -0.3 is 24.5 Å². The van der Waals surface area contributed by atoms with Gasteiger partial charge in [-0.05, 0) is 388 Å². The molecule has 6 fully saturated rings. The third kappa shape index (κ3) is 28.5. The molecule has 0 spiro atoms. The third-order valence-corrected chi connectivity index (χ3v) is 24.6. The van der Waals surface area contributed by atoms with Gasteiger partial charge in [0.05, 0.1) is 13.2 Å². The van der Waals surface area contributed by atoms with Gasteiger partial charge in [-0.3, -0.25) is 29.4 Å². The van der Waals surface area contributed by atoms with Gasteiger partial charge >= 0.3 is 0 Å². The number of methoxy groups -OCH3 is 1. The maximum Gasteiger partial charge on any atom is 0.0716 e. The Morgan fingerprint density at radius 1 is 0.325 bits per heavy atom. The summed E-state index contributed by atoms with van der Waals surface area (Å²) < 4.78 is 5.33. The van der Waals surface area contributed by atoms with Gasteiger partial charge in [0.15, 0.2) is 0 Å². The summed E-state index contributed by atoms with van der Waals surface area (Å²) in [5.41, 5.74) is 19.0. The smallest absolute Gasteiger partial charge is 0.0716 e. The highest BCUT2D eigenvalue weighted by Gasteiger charge is 2.40. The van der Waals surface area contributed by atoms with E-state index >= 15 is 0 Å². The summed E-state index contributed by atoms with van der Waals surface area (Å²) in [6.07, 6.45) is 20.3. The van der Waals surface area contributed by atoms with Crippen LogP contribution in [0.15, 0.2) is 146 Å². The zero-order chi connectivity index (χ0) is 83.9. The summed E-state index contributed by atoms with van der Waals surface area (Å²) in [4.78, 5) is 22.7. The molecular weight excluding hydrogens is 1400 g/mol. The number of aliphatic hydroxyl groups excluding tert-OH is 1. The summed E-state index contributed by atoms with van der Waals surface area (Å²) >= 11 is 0.